The Kier molecular flexibility index (Phi) is 6.48. The van der Waals surface area contributed by atoms with Crippen molar-refractivity contribution >= 4 is 17.7 Å². The molecule has 0 aliphatic carbocycles. The van der Waals surface area contributed by atoms with Gasteiger partial charge in [0.05, 0.1) is 19.1 Å². The van der Waals surface area contributed by atoms with Crippen LogP contribution in [0.15, 0.2) is 35.6 Å². The topological polar surface area (TPSA) is 109 Å². The lowest BCUT2D eigenvalue weighted by Crippen LogP contribution is -2.18. The summed E-state index contributed by atoms with van der Waals surface area (Å²) in [4.78, 5) is 30.9. The second-order valence-corrected chi connectivity index (χ2v) is 7.01. The number of imidazole rings is 1. The van der Waals surface area contributed by atoms with Crippen LogP contribution in [0.5, 0.6) is 5.75 Å². The Morgan fingerprint density at radius 3 is 2.93 bits per heavy atom. The number of anilines is 1. The van der Waals surface area contributed by atoms with Gasteiger partial charge in [-0.25, -0.2) is 9.97 Å². The van der Waals surface area contributed by atoms with E-state index in [0.29, 0.717) is 30.2 Å². The summed E-state index contributed by atoms with van der Waals surface area (Å²) in [6.45, 7) is 2.71. The molecular formula is C18H22N6O2S. The number of pyridine rings is 1. The number of hydrogen-bond donors (Lipinski definition) is 3. The molecule has 0 atom stereocenters. The van der Waals surface area contributed by atoms with Crippen molar-refractivity contribution in [2.24, 2.45) is 0 Å². The summed E-state index contributed by atoms with van der Waals surface area (Å²) in [5.41, 5.74) is 3.32. The first-order chi connectivity index (χ1) is 13.2. The smallest absolute Gasteiger partial charge is 0.255 e. The minimum atomic E-state index is -0.170. The first-order valence-corrected chi connectivity index (χ1v) is 9.68. The molecule has 3 aromatic rings. The predicted molar refractivity (Wildman–Crippen MR) is 106 cm³/mol. The Labute approximate surface area is 161 Å². The van der Waals surface area contributed by atoms with E-state index in [-0.39, 0.29) is 5.56 Å². The van der Waals surface area contributed by atoms with Gasteiger partial charge in [0.15, 0.2) is 0 Å². The van der Waals surface area contributed by atoms with Crippen molar-refractivity contribution in [1.29, 1.82) is 0 Å². The maximum Gasteiger partial charge on any atom is 0.255 e. The largest absolute Gasteiger partial charge is 0.497 e. The number of rotatable bonds is 9. The van der Waals surface area contributed by atoms with Gasteiger partial charge in [0.25, 0.3) is 5.56 Å². The van der Waals surface area contributed by atoms with Crippen molar-refractivity contribution in [2.45, 2.75) is 19.1 Å². The van der Waals surface area contributed by atoms with Crippen molar-refractivity contribution < 1.29 is 4.74 Å². The highest BCUT2D eigenvalue weighted by Gasteiger charge is 2.06. The van der Waals surface area contributed by atoms with Gasteiger partial charge < -0.3 is 15.0 Å². The second kappa shape index (κ2) is 9.22. The summed E-state index contributed by atoms with van der Waals surface area (Å²) in [5.74, 6) is 2.92. The molecule has 0 spiro atoms. The molecule has 27 heavy (non-hydrogen) atoms. The number of nitrogens with zero attached hydrogens (tertiary/aromatic N) is 3. The van der Waals surface area contributed by atoms with E-state index >= 15 is 0 Å². The molecule has 3 aromatic heterocycles. The number of aromatic amines is 2. The van der Waals surface area contributed by atoms with Crippen LogP contribution >= 0.6 is 11.8 Å². The molecule has 0 radical (unpaired) electrons. The van der Waals surface area contributed by atoms with Gasteiger partial charge in [-0.2, -0.15) is 11.8 Å². The Morgan fingerprint density at radius 1 is 1.30 bits per heavy atom. The summed E-state index contributed by atoms with van der Waals surface area (Å²) >= 11 is 1.77. The monoisotopic (exact) mass is 386 g/mol. The maximum absolute atomic E-state index is 12.3. The Hall–Kier alpha value is -2.81. The molecule has 9 heteroatoms. The summed E-state index contributed by atoms with van der Waals surface area (Å²) < 4.78 is 5.18. The molecule has 8 nitrogen and oxygen atoms in total. The Bertz CT molecular complexity index is 939. The van der Waals surface area contributed by atoms with E-state index in [1.807, 2.05) is 13.0 Å². The van der Waals surface area contributed by atoms with Crippen LogP contribution in [0.3, 0.4) is 0 Å². The highest BCUT2D eigenvalue weighted by Crippen LogP contribution is 2.13. The molecule has 3 heterocycles. The zero-order chi connectivity index (χ0) is 19.1. The average molecular weight is 386 g/mol. The first kappa shape index (κ1) is 19.0. The van der Waals surface area contributed by atoms with Crippen LogP contribution in [0, 0.1) is 6.92 Å². The van der Waals surface area contributed by atoms with E-state index in [0.717, 1.165) is 28.6 Å². The van der Waals surface area contributed by atoms with Crippen molar-refractivity contribution in [2.75, 3.05) is 24.7 Å². The third-order valence-corrected chi connectivity index (χ3v) is 4.95. The fourth-order valence-electron chi connectivity index (χ4n) is 2.45. The molecule has 3 rings (SSSR count). The van der Waals surface area contributed by atoms with E-state index in [1.165, 1.54) is 0 Å². The maximum atomic E-state index is 12.3. The number of methoxy groups -OCH3 is 1. The highest BCUT2D eigenvalue weighted by atomic mass is 32.2. The zero-order valence-electron chi connectivity index (χ0n) is 15.3. The van der Waals surface area contributed by atoms with Crippen LogP contribution < -0.4 is 15.6 Å². The summed E-state index contributed by atoms with van der Waals surface area (Å²) in [6.07, 6.45) is 5.36. The van der Waals surface area contributed by atoms with E-state index in [2.05, 4.69) is 30.2 Å². The Morgan fingerprint density at radius 2 is 2.19 bits per heavy atom. The van der Waals surface area contributed by atoms with Crippen molar-refractivity contribution in [1.82, 2.24) is 24.9 Å². The van der Waals surface area contributed by atoms with E-state index in [9.17, 15) is 4.79 Å². The lowest BCUT2D eigenvalue weighted by atomic mass is 10.1. The van der Waals surface area contributed by atoms with Gasteiger partial charge in [-0.05, 0) is 13.0 Å². The highest BCUT2D eigenvalue weighted by molar-refractivity contribution is 7.98. The molecular weight excluding hydrogens is 364 g/mol. The molecule has 0 saturated carbocycles. The fraction of sp³-hybridized carbons (Fsp3) is 0.333. The fourth-order valence-corrected chi connectivity index (χ4v) is 3.33. The SMILES string of the molecule is COc1ccnc(Cc2cnc(NCCSCc3nc[nH]c3C)[nH]c2=O)c1. The minimum absolute atomic E-state index is 0.170. The number of hydrogen-bond acceptors (Lipinski definition) is 7. The molecule has 0 aromatic carbocycles. The van der Waals surface area contributed by atoms with E-state index in [1.54, 1.807) is 43.7 Å². The predicted octanol–water partition coefficient (Wildman–Crippen LogP) is 2.14. The zero-order valence-corrected chi connectivity index (χ0v) is 16.1. The molecule has 0 aliphatic heterocycles. The van der Waals surface area contributed by atoms with Crippen LogP contribution in [-0.2, 0) is 12.2 Å². The molecule has 3 N–H and O–H groups in total. The number of ether oxygens (including phenoxy) is 1. The van der Waals surface area contributed by atoms with Crippen LogP contribution in [0.25, 0.3) is 0 Å². The van der Waals surface area contributed by atoms with Gasteiger partial charge in [0.2, 0.25) is 5.95 Å². The van der Waals surface area contributed by atoms with Gasteiger partial charge in [-0.15, -0.1) is 0 Å². The average Bonchev–Trinajstić information content (AvgIpc) is 3.08. The molecule has 0 unspecified atom stereocenters. The quantitative estimate of drug-likeness (QED) is 0.484. The third kappa shape index (κ3) is 5.33. The molecule has 0 bridgehead atoms. The van der Waals surface area contributed by atoms with Crippen molar-refractivity contribution in [3.8, 4) is 5.75 Å². The second-order valence-electron chi connectivity index (χ2n) is 5.90. The summed E-state index contributed by atoms with van der Waals surface area (Å²) in [7, 11) is 1.60. The molecule has 142 valence electrons. The van der Waals surface area contributed by atoms with Crippen LogP contribution in [0.4, 0.5) is 5.95 Å². The number of aromatic nitrogens is 5. The van der Waals surface area contributed by atoms with Gasteiger partial charge in [0, 0.05) is 59.9 Å². The molecule has 0 amide bonds. The number of nitrogens with one attached hydrogen (secondary N) is 3. The molecule has 0 saturated heterocycles. The normalized spacial score (nSPS) is 10.7. The number of H-pyrrole nitrogens is 2. The van der Waals surface area contributed by atoms with Crippen molar-refractivity contribution in [3.63, 3.8) is 0 Å². The van der Waals surface area contributed by atoms with Crippen molar-refractivity contribution in [3.05, 3.63) is 63.9 Å². The lowest BCUT2D eigenvalue weighted by molar-refractivity contribution is 0.413. The number of thioether (sulfide) groups is 1. The van der Waals surface area contributed by atoms with Crippen LogP contribution in [0.1, 0.15) is 22.6 Å². The summed E-state index contributed by atoms with van der Waals surface area (Å²) in [5, 5.41) is 3.14. The third-order valence-electron chi connectivity index (χ3n) is 3.98. The lowest BCUT2D eigenvalue weighted by Gasteiger charge is -2.07. The van der Waals surface area contributed by atoms with E-state index < -0.39 is 0 Å². The van der Waals surface area contributed by atoms with Gasteiger partial charge in [-0.1, -0.05) is 0 Å². The van der Waals surface area contributed by atoms with Gasteiger partial charge in [-0.3, -0.25) is 14.8 Å². The first-order valence-electron chi connectivity index (χ1n) is 8.53. The molecule has 0 aliphatic rings. The van der Waals surface area contributed by atoms with Gasteiger partial charge in [0.1, 0.15) is 5.75 Å². The standard InChI is InChI=1S/C18H22N6O2S/c1-12-16(23-11-22-12)10-27-6-5-20-18-21-9-13(17(25)24-18)7-14-8-15(26-2)3-4-19-14/h3-4,8-9,11H,5-7,10H2,1-2H3,(H,22,23)(H2,20,21,24,25). The number of aryl methyl sites for hydroxylation is 1. The minimum Gasteiger partial charge on any atom is -0.497 e. The Balaban J connectivity index is 1.49. The van der Waals surface area contributed by atoms with Gasteiger partial charge >= 0.3 is 0 Å². The summed E-state index contributed by atoms with van der Waals surface area (Å²) in [6, 6.07) is 3.58. The van der Waals surface area contributed by atoms with Crippen LogP contribution in [-0.4, -0.2) is 44.3 Å². The molecule has 0 fully saturated rings. The van der Waals surface area contributed by atoms with Crippen LogP contribution in [0.2, 0.25) is 0 Å². The van der Waals surface area contributed by atoms with E-state index in [4.69, 9.17) is 4.74 Å².